The smallest absolute Gasteiger partial charge is 0.313 e. The Morgan fingerprint density at radius 1 is 0.963 bits per heavy atom. The third-order valence-corrected chi connectivity index (χ3v) is 13.0. The number of rotatable bonds is 9. The summed E-state index contributed by atoms with van der Waals surface area (Å²) in [6.07, 6.45) is 6.08. The Balaban J connectivity index is 1.42. The normalized spacial score (nSPS) is 24.0. The van der Waals surface area contributed by atoms with Gasteiger partial charge in [-0.3, -0.25) is 14.4 Å². The van der Waals surface area contributed by atoms with Crippen molar-refractivity contribution in [3.05, 3.63) is 76.9 Å². The van der Waals surface area contributed by atoms with Gasteiger partial charge < -0.3 is 20.1 Å². The molecule has 294 valence electrons. The summed E-state index contributed by atoms with van der Waals surface area (Å²) in [6.45, 7) is 17.1. The number of benzene rings is 2. The Morgan fingerprint density at radius 2 is 1.59 bits per heavy atom. The first-order valence-corrected chi connectivity index (χ1v) is 20.9. The fourth-order valence-corrected chi connectivity index (χ4v) is 9.89. The molecule has 1 saturated carbocycles. The van der Waals surface area contributed by atoms with E-state index in [1.165, 1.54) is 0 Å². The maximum Gasteiger partial charge on any atom is 0.313 e. The first kappa shape index (κ1) is 41.6. The van der Waals surface area contributed by atoms with Gasteiger partial charge >= 0.3 is 5.97 Å². The molecule has 2 fully saturated rings. The fraction of sp³-hybridized carbons (Fsp3) is 0.600. The van der Waals surface area contributed by atoms with Crippen LogP contribution in [0.1, 0.15) is 129 Å². The lowest BCUT2D eigenvalue weighted by Crippen LogP contribution is -2.56. The van der Waals surface area contributed by atoms with E-state index in [4.69, 9.17) is 4.74 Å². The molecule has 0 unspecified atom stereocenters. The standard InChI is InChI=1S/C45H63N3O5S/c1-30(33-20-22-34(23-21-33)38-31(2)46-29-54-38)47-40(50)37-26-36(49)27-48(37)41(51)39(44(6,7)8)45(42(52)53-28-32-16-10-9-11-17-32)24-14-12-18-35(43(3,4)5)19-13-15-25-45/h9-11,16-17,20-23,29-30,35-37,39,49H,12-15,18-19,24-28H2,1-8H3,(H,47,50)/t30-,35?,36+,37-,39+,45?/m0/s1. The Hall–Kier alpha value is -3.56. The molecule has 0 radical (unpaired) electrons. The minimum Gasteiger partial charge on any atom is -0.460 e. The molecule has 4 atom stereocenters. The Kier molecular flexibility index (Phi) is 13.5. The summed E-state index contributed by atoms with van der Waals surface area (Å²) in [5.74, 6) is -1.05. The monoisotopic (exact) mass is 757 g/mol. The van der Waals surface area contributed by atoms with E-state index in [9.17, 15) is 14.7 Å². The number of carbonyl (C=O) groups excluding carboxylic acids is 3. The first-order valence-electron chi connectivity index (χ1n) is 20.0. The molecule has 2 N–H and O–H groups in total. The van der Waals surface area contributed by atoms with Gasteiger partial charge in [0, 0.05) is 13.0 Å². The molecule has 54 heavy (non-hydrogen) atoms. The number of hydrogen-bond acceptors (Lipinski definition) is 7. The van der Waals surface area contributed by atoms with Gasteiger partial charge in [-0.25, -0.2) is 4.98 Å². The summed E-state index contributed by atoms with van der Waals surface area (Å²) >= 11 is 1.60. The molecule has 3 aromatic rings. The molecule has 1 aliphatic heterocycles. The van der Waals surface area contributed by atoms with Crippen LogP contribution in [0.15, 0.2) is 60.1 Å². The maximum absolute atomic E-state index is 15.2. The van der Waals surface area contributed by atoms with Crippen LogP contribution >= 0.6 is 11.3 Å². The largest absolute Gasteiger partial charge is 0.460 e. The molecule has 1 aliphatic carbocycles. The van der Waals surface area contributed by atoms with Crippen molar-refractivity contribution in [2.45, 2.75) is 138 Å². The molecule has 2 heterocycles. The van der Waals surface area contributed by atoms with E-state index < -0.39 is 28.9 Å². The molecule has 0 bridgehead atoms. The average molecular weight is 758 g/mol. The van der Waals surface area contributed by atoms with Crippen LogP contribution in [0.3, 0.4) is 0 Å². The molecule has 2 aliphatic rings. The number of thiazole rings is 1. The number of carbonyl (C=O) groups is 3. The molecule has 1 aromatic heterocycles. The van der Waals surface area contributed by atoms with Crippen molar-refractivity contribution >= 4 is 29.1 Å². The highest BCUT2D eigenvalue weighted by atomic mass is 32.1. The average Bonchev–Trinajstić information content (AvgIpc) is 3.74. The van der Waals surface area contributed by atoms with Crippen LogP contribution < -0.4 is 5.32 Å². The van der Waals surface area contributed by atoms with Crippen molar-refractivity contribution in [2.75, 3.05) is 6.54 Å². The molecule has 8 nitrogen and oxygen atoms in total. The van der Waals surface area contributed by atoms with Gasteiger partial charge in [0.05, 0.1) is 39.6 Å². The zero-order valence-corrected chi connectivity index (χ0v) is 34.6. The van der Waals surface area contributed by atoms with Crippen LogP contribution in [-0.2, 0) is 25.7 Å². The second kappa shape index (κ2) is 17.5. The SMILES string of the molecule is Cc1ncsc1-c1ccc([C@H](C)NC(=O)[C@@H]2C[C@@H](O)CN2C(=O)[C@H](C(C)(C)C)C2(C(=O)OCc3ccccc3)CCCCC(C(C)(C)C)CCCC2)cc1. The lowest BCUT2D eigenvalue weighted by Gasteiger charge is -2.47. The molecular weight excluding hydrogens is 695 g/mol. The van der Waals surface area contributed by atoms with Crippen molar-refractivity contribution in [3.63, 3.8) is 0 Å². The highest BCUT2D eigenvalue weighted by Gasteiger charge is 2.57. The van der Waals surface area contributed by atoms with Crippen molar-refractivity contribution in [1.82, 2.24) is 15.2 Å². The van der Waals surface area contributed by atoms with Gasteiger partial charge in [-0.1, -0.05) is 122 Å². The number of likely N-dealkylation sites (tertiary alicyclic amines) is 1. The molecule has 2 aromatic carbocycles. The minimum absolute atomic E-state index is 0.0448. The molecule has 2 amide bonds. The number of β-amino-alcohol motifs (C(OH)–C–C–N with tert-alkyl or cyclic N) is 1. The van der Waals surface area contributed by atoms with Crippen LogP contribution in [0.5, 0.6) is 0 Å². The molecule has 5 rings (SSSR count). The third kappa shape index (κ3) is 9.81. The number of aliphatic hydroxyl groups is 1. The molecule has 0 spiro atoms. The number of aryl methyl sites for hydroxylation is 1. The molecular formula is C45H63N3O5S. The first-order chi connectivity index (χ1) is 25.5. The maximum atomic E-state index is 15.2. The zero-order chi connectivity index (χ0) is 39.3. The summed E-state index contributed by atoms with van der Waals surface area (Å²) < 4.78 is 6.20. The van der Waals surface area contributed by atoms with E-state index in [0.29, 0.717) is 18.8 Å². The van der Waals surface area contributed by atoms with Gasteiger partial charge in [-0.05, 0) is 73.0 Å². The zero-order valence-electron chi connectivity index (χ0n) is 33.8. The number of ether oxygens (including phenoxy) is 1. The fourth-order valence-electron chi connectivity index (χ4n) is 9.08. The van der Waals surface area contributed by atoms with Gasteiger partial charge in [0.1, 0.15) is 12.6 Å². The van der Waals surface area contributed by atoms with E-state index >= 15 is 4.79 Å². The van der Waals surface area contributed by atoms with Crippen LogP contribution in [0, 0.1) is 35.0 Å². The van der Waals surface area contributed by atoms with Crippen LogP contribution in [0.4, 0.5) is 0 Å². The number of nitrogens with zero attached hydrogens (tertiary/aromatic N) is 2. The van der Waals surface area contributed by atoms with Gasteiger partial charge in [-0.15, -0.1) is 11.3 Å². The minimum atomic E-state index is -1.08. The quantitative estimate of drug-likeness (QED) is 0.211. The second-order valence-electron chi connectivity index (χ2n) is 18.1. The van der Waals surface area contributed by atoms with Crippen LogP contribution in [-0.4, -0.2) is 51.5 Å². The number of hydrogen-bond donors (Lipinski definition) is 2. The number of amides is 2. The van der Waals surface area contributed by atoms with Gasteiger partial charge in [0.2, 0.25) is 11.8 Å². The lowest BCUT2D eigenvalue weighted by atomic mass is 9.58. The summed E-state index contributed by atoms with van der Waals surface area (Å²) in [4.78, 5) is 51.1. The topological polar surface area (TPSA) is 109 Å². The van der Waals surface area contributed by atoms with Gasteiger partial charge in [-0.2, -0.15) is 0 Å². The van der Waals surface area contributed by atoms with Crippen molar-refractivity contribution in [2.24, 2.45) is 28.1 Å². The predicted molar refractivity (Wildman–Crippen MR) is 216 cm³/mol. The summed E-state index contributed by atoms with van der Waals surface area (Å²) in [5, 5.41) is 14.2. The highest BCUT2D eigenvalue weighted by molar-refractivity contribution is 7.13. The van der Waals surface area contributed by atoms with E-state index in [0.717, 1.165) is 65.8 Å². The number of aliphatic hydroxyl groups excluding tert-OH is 1. The van der Waals surface area contributed by atoms with Gasteiger partial charge in [0.15, 0.2) is 0 Å². The van der Waals surface area contributed by atoms with E-state index in [1.807, 2.05) is 94.7 Å². The van der Waals surface area contributed by atoms with Crippen molar-refractivity contribution in [3.8, 4) is 10.4 Å². The Labute approximate surface area is 327 Å². The summed E-state index contributed by atoms with van der Waals surface area (Å²) in [7, 11) is 0. The van der Waals surface area contributed by atoms with Crippen molar-refractivity contribution < 1.29 is 24.2 Å². The highest BCUT2D eigenvalue weighted by Crippen LogP contribution is 2.51. The Morgan fingerprint density at radius 3 is 2.15 bits per heavy atom. The summed E-state index contributed by atoms with van der Waals surface area (Å²) in [6, 6.07) is 16.6. The Bertz CT molecular complexity index is 1700. The third-order valence-electron chi connectivity index (χ3n) is 12.0. The number of nitrogens with one attached hydrogen (secondary N) is 1. The van der Waals surface area contributed by atoms with E-state index in [2.05, 4.69) is 31.1 Å². The van der Waals surface area contributed by atoms with Crippen LogP contribution in [0.2, 0.25) is 0 Å². The molecule has 9 heteroatoms. The predicted octanol–water partition coefficient (Wildman–Crippen LogP) is 9.45. The van der Waals surface area contributed by atoms with Crippen LogP contribution in [0.25, 0.3) is 10.4 Å². The second-order valence-corrected chi connectivity index (χ2v) is 18.9. The number of aromatic nitrogens is 1. The molecule has 1 saturated heterocycles. The lowest BCUT2D eigenvalue weighted by molar-refractivity contribution is -0.174. The number of esters is 1. The van der Waals surface area contributed by atoms with Crippen molar-refractivity contribution in [1.29, 1.82) is 0 Å². The summed E-state index contributed by atoms with van der Waals surface area (Å²) in [5.41, 5.74) is 4.22. The van der Waals surface area contributed by atoms with E-state index in [-0.39, 0.29) is 48.8 Å². The van der Waals surface area contributed by atoms with Gasteiger partial charge in [0.25, 0.3) is 0 Å². The van der Waals surface area contributed by atoms with E-state index in [1.54, 1.807) is 16.2 Å².